The lowest BCUT2D eigenvalue weighted by Crippen LogP contribution is -2.33. The van der Waals surface area contributed by atoms with Crippen LogP contribution < -0.4 is 5.32 Å². The highest BCUT2D eigenvalue weighted by Crippen LogP contribution is 2.09. The predicted octanol–water partition coefficient (Wildman–Crippen LogP) is 0.875. The minimum absolute atomic E-state index is 0.307. The van der Waals surface area contributed by atoms with E-state index in [0.717, 1.165) is 18.1 Å². The third-order valence-electron chi connectivity index (χ3n) is 2.62. The second-order valence-corrected chi connectivity index (χ2v) is 5.40. The van der Waals surface area contributed by atoms with E-state index < -0.39 is 11.7 Å². The number of amides is 1. The molecule has 7 heteroatoms. The Morgan fingerprint density at radius 2 is 2.21 bits per heavy atom. The number of carbonyl (C=O) groups excluding carboxylic acids is 1. The summed E-state index contributed by atoms with van der Waals surface area (Å²) in [5, 5.41) is 10.9. The molecule has 1 aliphatic rings. The number of alkyl carbamates (subject to hydrolysis) is 1. The van der Waals surface area contributed by atoms with Gasteiger partial charge in [-0.3, -0.25) is 0 Å². The highest BCUT2D eigenvalue weighted by atomic mass is 16.6. The predicted molar refractivity (Wildman–Crippen MR) is 67.6 cm³/mol. The van der Waals surface area contributed by atoms with E-state index in [9.17, 15) is 4.79 Å². The maximum atomic E-state index is 11.6. The van der Waals surface area contributed by atoms with Crippen molar-refractivity contribution < 1.29 is 14.3 Å². The van der Waals surface area contributed by atoms with Crippen molar-refractivity contribution in [2.24, 2.45) is 0 Å². The molecule has 1 aromatic heterocycles. The van der Waals surface area contributed by atoms with Crippen LogP contribution in [0.1, 0.15) is 32.4 Å². The van der Waals surface area contributed by atoms with E-state index in [1.54, 1.807) is 0 Å². The lowest BCUT2D eigenvalue weighted by molar-refractivity contribution is 0.0521. The molecule has 0 fully saturated rings. The van der Waals surface area contributed by atoms with Gasteiger partial charge in [-0.15, -0.1) is 10.2 Å². The van der Waals surface area contributed by atoms with E-state index in [2.05, 4.69) is 15.5 Å². The third-order valence-corrected chi connectivity index (χ3v) is 2.62. The largest absolute Gasteiger partial charge is 0.444 e. The summed E-state index contributed by atoms with van der Waals surface area (Å²) in [4.78, 5) is 11.6. The number of hydrogen-bond donors (Lipinski definition) is 1. The lowest BCUT2D eigenvalue weighted by atomic mass is 10.2. The summed E-state index contributed by atoms with van der Waals surface area (Å²) in [6.45, 7) is 7.81. The molecule has 0 saturated carbocycles. The van der Waals surface area contributed by atoms with Gasteiger partial charge in [0.15, 0.2) is 5.82 Å². The molecule has 19 heavy (non-hydrogen) atoms. The summed E-state index contributed by atoms with van der Waals surface area (Å²) in [5.74, 6) is 1.63. The summed E-state index contributed by atoms with van der Waals surface area (Å²) in [6, 6.07) is 0. The standard InChI is InChI=1S/C12H20N4O3/c1-12(2,3)19-11(17)13-8-10-15-14-9-4-6-18-7-5-16(9)10/h4-8H2,1-3H3,(H,13,17). The van der Waals surface area contributed by atoms with Crippen molar-refractivity contribution in [2.75, 3.05) is 13.2 Å². The minimum atomic E-state index is -0.500. The van der Waals surface area contributed by atoms with Crippen LogP contribution in [0, 0.1) is 0 Å². The Labute approximate surface area is 112 Å². The first-order valence-corrected chi connectivity index (χ1v) is 6.41. The number of nitrogens with one attached hydrogen (secondary N) is 1. The average Bonchev–Trinajstić information content (AvgIpc) is 2.53. The molecule has 0 unspecified atom stereocenters. The summed E-state index contributed by atoms with van der Waals surface area (Å²) in [7, 11) is 0. The number of nitrogens with zero attached hydrogens (tertiary/aromatic N) is 3. The first kappa shape index (κ1) is 13.8. The summed E-state index contributed by atoms with van der Waals surface area (Å²) < 4.78 is 12.5. The maximum Gasteiger partial charge on any atom is 0.408 e. The van der Waals surface area contributed by atoms with Crippen molar-refractivity contribution in [1.82, 2.24) is 20.1 Å². The number of hydrogen-bond acceptors (Lipinski definition) is 5. The quantitative estimate of drug-likeness (QED) is 0.861. The Morgan fingerprint density at radius 1 is 1.42 bits per heavy atom. The molecular formula is C12H20N4O3. The SMILES string of the molecule is CC(C)(C)OC(=O)NCc1nnc2n1CCOCC2. The Kier molecular flexibility index (Phi) is 4.04. The fraction of sp³-hybridized carbons (Fsp3) is 0.750. The van der Waals surface area contributed by atoms with Crippen molar-refractivity contribution in [2.45, 2.75) is 45.9 Å². The van der Waals surface area contributed by atoms with E-state index in [4.69, 9.17) is 9.47 Å². The van der Waals surface area contributed by atoms with E-state index in [0.29, 0.717) is 26.3 Å². The number of carbonyl (C=O) groups is 1. The van der Waals surface area contributed by atoms with Crippen LogP contribution in [0.15, 0.2) is 0 Å². The molecular weight excluding hydrogens is 248 g/mol. The molecule has 106 valence electrons. The highest BCUT2D eigenvalue weighted by Gasteiger charge is 2.18. The Hall–Kier alpha value is -1.63. The van der Waals surface area contributed by atoms with Gasteiger partial charge in [-0.1, -0.05) is 0 Å². The van der Waals surface area contributed by atoms with Crippen LogP contribution in [-0.2, 0) is 29.0 Å². The second-order valence-electron chi connectivity index (χ2n) is 5.40. The topological polar surface area (TPSA) is 78.3 Å². The Balaban J connectivity index is 1.93. The molecule has 0 atom stereocenters. The normalized spacial score (nSPS) is 15.5. The molecule has 2 heterocycles. The lowest BCUT2D eigenvalue weighted by Gasteiger charge is -2.19. The Bertz CT molecular complexity index is 450. The fourth-order valence-electron chi connectivity index (χ4n) is 1.83. The smallest absolute Gasteiger partial charge is 0.408 e. The monoisotopic (exact) mass is 268 g/mol. The number of aromatic nitrogens is 3. The zero-order chi connectivity index (χ0) is 13.9. The van der Waals surface area contributed by atoms with Crippen molar-refractivity contribution in [1.29, 1.82) is 0 Å². The van der Waals surface area contributed by atoms with Crippen LogP contribution >= 0.6 is 0 Å². The zero-order valence-corrected chi connectivity index (χ0v) is 11.6. The first-order valence-electron chi connectivity index (χ1n) is 6.41. The van der Waals surface area contributed by atoms with Gasteiger partial charge in [0.05, 0.1) is 19.8 Å². The van der Waals surface area contributed by atoms with Gasteiger partial charge in [-0.25, -0.2) is 4.79 Å². The van der Waals surface area contributed by atoms with Gasteiger partial charge in [-0.05, 0) is 20.8 Å². The minimum Gasteiger partial charge on any atom is -0.444 e. The molecule has 1 aromatic rings. The Morgan fingerprint density at radius 3 is 2.95 bits per heavy atom. The van der Waals surface area contributed by atoms with Crippen molar-refractivity contribution in [3.8, 4) is 0 Å². The van der Waals surface area contributed by atoms with Crippen LogP contribution in [0.4, 0.5) is 4.79 Å². The molecule has 7 nitrogen and oxygen atoms in total. The van der Waals surface area contributed by atoms with Crippen molar-refractivity contribution in [3.05, 3.63) is 11.6 Å². The first-order chi connectivity index (χ1) is 8.96. The van der Waals surface area contributed by atoms with Crippen molar-refractivity contribution in [3.63, 3.8) is 0 Å². The molecule has 2 rings (SSSR count). The van der Waals surface area contributed by atoms with E-state index in [1.165, 1.54) is 0 Å². The molecule has 1 aliphatic heterocycles. The molecule has 0 spiro atoms. The number of rotatable bonds is 2. The highest BCUT2D eigenvalue weighted by molar-refractivity contribution is 5.67. The molecule has 0 bridgehead atoms. The van der Waals surface area contributed by atoms with Crippen LogP contribution in [-0.4, -0.2) is 39.7 Å². The van der Waals surface area contributed by atoms with Crippen molar-refractivity contribution >= 4 is 6.09 Å². The molecule has 0 radical (unpaired) electrons. The maximum absolute atomic E-state index is 11.6. The summed E-state index contributed by atoms with van der Waals surface area (Å²) in [5.41, 5.74) is -0.500. The van der Waals surface area contributed by atoms with Gasteiger partial charge in [0.25, 0.3) is 0 Å². The number of fused-ring (bicyclic) bond motifs is 1. The van der Waals surface area contributed by atoms with Gasteiger partial charge < -0.3 is 19.4 Å². The van der Waals surface area contributed by atoms with Crippen LogP contribution in [0.2, 0.25) is 0 Å². The van der Waals surface area contributed by atoms with E-state index in [1.807, 2.05) is 25.3 Å². The van der Waals surface area contributed by atoms with Gasteiger partial charge in [0, 0.05) is 13.0 Å². The second kappa shape index (κ2) is 5.56. The van der Waals surface area contributed by atoms with Gasteiger partial charge in [0.2, 0.25) is 0 Å². The fourth-order valence-corrected chi connectivity index (χ4v) is 1.83. The molecule has 0 saturated heterocycles. The average molecular weight is 268 g/mol. The van der Waals surface area contributed by atoms with Crippen LogP contribution in [0.5, 0.6) is 0 Å². The van der Waals surface area contributed by atoms with Gasteiger partial charge in [0.1, 0.15) is 11.4 Å². The molecule has 0 aromatic carbocycles. The van der Waals surface area contributed by atoms with Gasteiger partial charge >= 0.3 is 6.09 Å². The zero-order valence-electron chi connectivity index (χ0n) is 11.6. The molecule has 0 aliphatic carbocycles. The number of ether oxygens (including phenoxy) is 2. The van der Waals surface area contributed by atoms with Crippen LogP contribution in [0.3, 0.4) is 0 Å². The third kappa shape index (κ3) is 3.92. The summed E-state index contributed by atoms with van der Waals surface area (Å²) >= 11 is 0. The van der Waals surface area contributed by atoms with Crippen LogP contribution in [0.25, 0.3) is 0 Å². The van der Waals surface area contributed by atoms with E-state index in [-0.39, 0.29) is 0 Å². The van der Waals surface area contributed by atoms with Gasteiger partial charge in [-0.2, -0.15) is 0 Å². The molecule has 1 N–H and O–H groups in total. The summed E-state index contributed by atoms with van der Waals surface area (Å²) in [6.07, 6.45) is 0.300. The van der Waals surface area contributed by atoms with E-state index >= 15 is 0 Å². The molecule has 1 amide bonds.